The van der Waals surface area contributed by atoms with Crippen molar-refractivity contribution >= 4 is 11.6 Å². The van der Waals surface area contributed by atoms with Gasteiger partial charge >= 0.3 is 0 Å². The van der Waals surface area contributed by atoms with Gasteiger partial charge in [0, 0.05) is 22.2 Å². The molecule has 0 fully saturated rings. The Hall–Kier alpha value is -2.01. The fourth-order valence-corrected chi connectivity index (χ4v) is 1.21. The van der Waals surface area contributed by atoms with Gasteiger partial charge in [0.15, 0.2) is 0 Å². The van der Waals surface area contributed by atoms with E-state index in [1.54, 1.807) is 35.5 Å². The van der Waals surface area contributed by atoms with E-state index in [9.17, 15) is 9.70 Å². The fraction of sp³-hybridized carbons (Fsp3) is 0.182. The van der Waals surface area contributed by atoms with Crippen molar-refractivity contribution in [2.45, 2.75) is 6.42 Å². The lowest BCUT2D eigenvalue weighted by Crippen LogP contribution is -2.55. The largest absolute Gasteiger partial charge is 0.277 e. The van der Waals surface area contributed by atoms with E-state index in [4.69, 9.17) is 5.84 Å². The van der Waals surface area contributed by atoms with Crippen LogP contribution in [0.25, 0.3) is 0 Å². The summed E-state index contributed by atoms with van der Waals surface area (Å²) in [5.74, 6) is 5.29. The highest BCUT2D eigenvalue weighted by Crippen LogP contribution is 2.05. The molecule has 0 atom stereocenters. The monoisotopic (exact) mass is 220 g/mol. The van der Waals surface area contributed by atoms with Gasteiger partial charge in [0.1, 0.15) is 0 Å². The van der Waals surface area contributed by atoms with Gasteiger partial charge in [-0.05, 0) is 5.56 Å². The molecule has 0 radical (unpaired) electrons. The molecule has 3 N–H and O–H groups in total. The van der Waals surface area contributed by atoms with Crippen molar-refractivity contribution in [2.75, 3.05) is 6.54 Å². The first-order valence-corrected chi connectivity index (χ1v) is 4.80. The highest BCUT2D eigenvalue weighted by atomic mass is 16.3. The molecular formula is C11H14N3O2+. The average molecular weight is 220 g/mol. The Morgan fingerprint density at radius 1 is 1.44 bits per heavy atom. The smallest absolute Gasteiger partial charge is 0.253 e. The number of nitroso groups, excluding NO2 is 1. The lowest BCUT2D eigenvalue weighted by molar-refractivity contribution is -0.379. The predicted molar refractivity (Wildman–Crippen MR) is 60.2 cm³/mol. The van der Waals surface area contributed by atoms with Gasteiger partial charge in [-0.1, -0.05) is 18.2 Å². The third-order valence-electron chi connectivity index (χ3n) is 2.07. The molecule has 0 saturated heterocycles. The van der Waals surface area contributed by atoms with Crippen LogP contribution in [0.1, 0.15) is 5.56 Å². The Morgan fingerprint density at radius 3 is 2.56 bits per heavy atom. The van der Waals surface area contributed by atoms with Crippen LogP contribution in [0.15, 0.2) is 36.9 Å². The van der Waals surface area contributed by atoms with Gasteiger partial charge in [0.2, 0.25) is 5.91 Å². The molecule has 5 heteroatoms. The van der Waals surface area contributed by atoms with Crippen molar-refractivity contribution in [3.05, 3.63) is 47.4 Å². The molecule has 0 unspecified atom stereocenters. The van der Waals surface area contributed by atoms with E-state index >= 15 is 0 Å². The molecule has 0 aliphatic carbocycles. The number of benzene rings is 1. The first kappa shape index (κ1) is 12.1. The summed E-state index contributed by atoms with van der Waals surface area (Å²) in [5.41, 5.74) is 1.27. The van der Waals surface area contributed by atoms with E-state index in [1.807, 2.05) is 0 Å². The Kier molecular flexibility index (Phi) is 4.35. The van der Waals surface area contributed by atoms with Crippen molar-refractivity contribution in [1.29, 1.82) is 0 Å². The fourth-order valence-electron chi connectivity index (χ4n) is 1.21. The molecule has 5 nitrogen and oxygen atoms in total. The van der Waals surface area contributed by atoms with Crippen LogP contribution in [0.4, 0.5) is 5.69 Å². The zero-order valence-electron chi connectivity index (χ0n) is 8.85. The zero-order valence-corrected chi connectivity index (χ0v) is 8.85. The SMILES string of the molecule is C=CCN(N)C(=O)Cc1ccc([NH+]=O)cc1. The van der Waals surface area contributed by atoms with Gasteiger partial charge in [0.05, 0.1) is 13.0 Å². The predicted octanol–water partition coefficient (Wildman–Crippen LogP) is -0.404. The number of nitrogens with one attached hydrogen (secondary N) is 1. The Morgan fingerprint density at radius 2 is 2.06 bits per heavy atom. The summed E-state index contributed by atoms with van der Waals surface area (Å²) in [7, 11) is 0. The zero-order chi connectivity index (χ0) is 12.0. The molecule has 1 aromatic rings. The molecule has 0 aliphatic rings. The molecular weight excluding hydrogens is 206 g/mol. The summed E-state index contributed by atoms with van der Waals surface area (Å²) >= 11 is 0. The van der Waals surface area contributed by atoms with E-state index in [1.165, 1.54) is 0 Å². The van der Waals surface area contributed by atoms with Gasteiger partial charge in [-0.3, -0.25) is 9.80 Å². The molecule has 1 aromatic carbocycles. The number of carbonyl (C=O) groups excluding carboxylic acids is 1. The topological polar surface area (TPSA) is 77.4 Å². The normalized spacial score (nSPS) is 9.56. The van der Waals surface area contributed by atoms with E-state index < -0.39 is 0 Å². The maximum atomic E-state index is 11.5. The third kappa shape index (κ3) is 3.29. The minimum atomic E-state index is -0.192. The van der Waals surface area contributed by atoms with Gasteiger partial charge in [-0.25, -0.2) is 5.84 Å². The lowest BCUT2D eigenvalue weighted by Gasteiger charge is -2.13. The van der Waals surface area contributed by atoms with E-state index in [0.29, 0.717) is 12.2 Å². The molecule has 0 bridgehead atoms. The second kappa shape index (κ2) is 5.77. The molecule has 16 heavy (non-hydrogen) atoms. The van der Waals surface area contributed by atoms with Gasteiger partial charge < -0.3 is 0 Å². The van der Waals surface area contributed by atoms with Gasteiger partial charge in [-0.2, -0.15) is 0 Å². The quantitative estimate of drug-likeness (QED) is 0.307. The lowest BCUT2D eigenvalue weighted by atomic mass is 10.1. The average Bonchev–Trinajstić information content (AvgIpc) is 2.30. The first-order chi connectivity index (χ1) is 7.67. The molecule has 1 rings (SSSR count). The highest BCUT2D eigenvalue weighted by Gasteiger charge is 2.09. The van der Waals surface area contributed by atoms with Crippen LogP contribution < -0.4 is 11.0 Å². The van der Waals surface area contributed by atoms with E-state index in [-0.39, 0.29) is 12.3 Å². The summed E-state index contributed by atoms with van der Waals surface area (Å²) < 4.78 is 0. The van der Waals surface area contributed by atoms with Crippen LogP contribution in [0, 0.1) is 4.91 Å². The Labute approximate surface area is 93.5 Å². The van der Waals surface area contributed by atoms with Crippen LogP contribution in [0.2, 0.25) is 0 Å². The molecule has 0 saturated carbocycles. The number of nitrogens with two attached hydrogens (primary N) is 1. The summed E-state index contributed by atoms with van der Waals surface area (Å²) in [5, 5.41) is 2.87. The maximum absolute atomic E-state index is 11.5. The number of rotatable bonds is 5. The number of hydrogen-bond acceptors (Lipinski definition) is 3. The molecule has 84 valence electrons. The number of nitrogens with zero attached hydrogens (tertiary/aromatic N) is 1. The van der Waals surface area contributed by atoms with Crippen LogP contribution in [-0.2, 0) is 11.2 Å². The highest BCUT2D eigenvalue weighted by molar-refractivity contribution is 5.78. The van der Waals surface area contributed by atoms with Crippen molar-refractivity contribution < 1.29 is 9.97 Å². The standard InChI is InChI=1S/C11H13N3O2/c1-2-7-14(12)11(15)8-9-3-5-10(13-16)6-4-9/h2-6H,1,7-8,12H2/p+1. The molecule has 0 aliphatic heterocycles. The summed E-state index contributed by atoms with van der Waals surface area (Å²) in [6, 6.07) is 6.65. The van der Waals surface area contributed by atoms with Crippen molar-refractivity contribution in [1.82, 2.24) is 5.01 Å². The van der Waals surface area contributed by atoms with Gasteiger partial charge in [-0.15, -0.1) is 6.58 Å². The van der Waals surface area contributed by atoms with Crippen molar-refractivity contribution in [2.24, 2.45) is 5.84 Å². The Balaban J connectivity index is 2.62. The second-order valence-electron chi connectivity index (χ2n) is 3.31. The van der Waals surface area contributed by atoms with E-state index in [2.05, 4.69) is 6.58 Å². The van der Waals surface area contributed by atoms with Gasteiger partial charge in [0.25, 0.3) is 5.69 Å². The van der Waals surface area contributed by atoms with Crippen molar-refractivity contribution in [3.8, 4) is 0 Å². The molecule has 0 aromatic heterocycles. The minimum Gasteiger partial charge on any atom is -0.277 e. The van der Waals surface area contributed by atoms with Crippen LogP contribution in [0.5, 0.6) is 0 Å². The molecule has 0 heterocycles. The first-order valence-electron chi connectivity index (χ1n) is 4.80. The summed E-state index contributed by atoms with van der Waals surface area (Å²) in [4.78, 5) is 21.8. The molecule has 0 spiro atoms. The maximum Gasteiger partial charge on any atom is 0.253 e. The summed E-state index contributed by atoms with van der Waals surface area (Å²) in [6.45, 7) is 3.81. The summed E-state index contributed by atoms with van der Waals surface area (Å²) in [6.07, 6.45) is 1.77. The number of hydrogen-bond donors (Lipinski definition) is 2. The Bertz CT molecular complexity index is 387. The number of carbonyl (C=O) groups is 1. The third-order valence-corrected chi connectivity index (χ3v) is 2.07. The van der Waals surface area contributed by atoms with E-state index in [0.717, 1.165) is 10.6 Å². The van der Waals surface area contributed by atoms with Crippen LogP contribution in [-0.4, -0.2) is 17.5 Å². The number of hydrazine groups is 1. The van der Waals surface area contributed by atoms with Crippen LogP contribution in [0.3, 0.4) is 0 Å². The van der Waals surface area contributed by atoms with Crippen LogP contribution >= 0.6 is 0 Å². The number of amides is 1. The minimum absolute atomic E-state index is 0.192. The molecule has 1 amide bonds. The second-order valence-corrected chi connectivity index (χ2v) is 3.31. The van der Waals surface area contributed by atoms with Crippen molar-refractivity contribution in [3.63, 3.8) is 0 Å².